The minimum atomic E-state index is -4.11. The van der Waals surface area contributed by atoms with Crippen molar-refractivity contribution in [3.63, 3.8) is 0 Å². The van der Waals surface area contributed by atoms with Gasteiger partial charge in [-0.05, 0) is 36.1 Å². The Morgan fingerprint density at radius 2 is 1.72 bits per heavy atom. The average molecular weight is 557 g/mol. The molecule has 0 aliphatic heterocycles. The van der Waals surface area contributed by atoms with Gasteiger partial charge in [0.1, 0.15) is 6.61 Å². The van der Waals surface area contributed by atoms with Gasteiger partial charge in [-0.2, -0.15) is 4.31 Å². The molecule has 0 bridgehead atoms. The molecule has 208 valence electrons. The number of hydrogen-bond acceptors (Lipinski definition) is 8. The summed E-state index contributed by atoms with van der Waals surface area (Å²) in [6.07, 6.45) is 1.31. The van der Waals surface area contributed by atoms with Gasteiger partial charge in [0.25, 0.3) is 5.69 Å². The number of nitro benzene ring substituents is 1. The molecule has 1 amide bonds. The Balaban J connectivity index is 1.80. The SMILES string of the molecule is CC(C)CN(CC(O)[C@H](Cc1ccccc1)NC(=O)OCc1cccnc1)S(=O)(=O)c1ccc([N+](=O)[O-])cc1. The van der Waals surface area contributed by atoms with Crippen molar-refractivity contribution < 1.29 is 28.0 Å². The highest BCUT2D eigenvalue weighted by Gasteiger charge is 2.32. The van der Waals surface area contributed by atoms with E-state index in [2.05, 4.69) is 10.3 Å². The Morgan fingerprint density at radius 3 is 2.31 bits per heavy atom. The van der Waals surface area contributed by atoms with E-state index in [0.29, 0.717) is 5.56 Å². The first kappa shape index (κ1) is 29.7. The van der Waals surface area contributed by atoms with E-state index in [4.69, 9.17) is 4.74 Å². The van der Waals surface area contributed by atoms with Crippen LogP contribution in [0.5, 0.6) is 0 Å². The van der Waals surface area contributed by atoms with Gasteiger partial charge in [-0.1, -0.05) is 50.2 Å². The zero-order chi connectivity index (χ0) is 28.4. The maximum Gasteiger partial charge on any atom is 0.407 e. The number of hydrogen-bond donors (Lipinski definition) is 2. The average Bonchev–Trinajstić information content (AvgIpc) is 2.92. The number of sulfonamides is 1. The summed E-state index contributed by atoms with van der Waals surface area (Å²) in [5.74, 6) is -0.0880. The Labute approximate surface area is 227 Å². The van der Waals surface area contributed by atoms with Crippen molar-refractivity contribution in [2.24, 2.45) is 5.92 Å². The van der Waals surface area contributed by atoms with Gasteiger partial charge in [-0.25, -0.2) is 13.2 Å². The van der Waals surface area contributed by atoms with Crippen molar-refractivity contribution in [2.75, 3.05) is 13.1 Å². The van der Waals surface area contributed by atoms with E-state index in [1.165, 1.54) is 12.1 Å². The standard InChI is InChI=1S/C27H32N4O7S/c1-20(2)17-30(39(36,37)24-12-10-23(11-13-24)31(34)35)18-26(32)25(15-21-7-4-3-5-8-21)29-27(33)38-19-22-9-6-14-28-16-22/h3-14,16,20,25-26,32H,15,17-19H2,1-2H3,(H,29,33)/t25-,26?/m0/s1. The van der Waals surface area contributed by atoms with Gasteiger partial charge in [0.2, 0.25) is 10.0 Å². The second-order valence-corrected chi connectivity index (χ2v) is 11.4. The lowest BCUT2D eigenvalue weighted by Gasteiger charge is -2.30. The first-order valence-corrected chi connectivity index (χ1v) is 13.8. The fourth-order valence-electron chi connectivity index (χ4n) is 3.88. The zero-order valence-electron chi connectivity index (χ0n) is 21.7. The number of carbonyl (C=O) groups is 1. The molecule has 12 heteroatoms. The number of carbonyl (C=O) groups excluding carboxylic acids is 1. The van der Waals surface area contributed by atoms with E-state index in [0.717, 1.165) is 22.0 Å². The van der Waals surface area contributed by atoms with Gasteiger partial charge >= 0.3 is 6.09 Å². The van der Waals surface area contributed by atoms with Crippen molar-refractivity contribution in [2.45, 2.75) is 43.9 Å². The molecule has 3 aromatic rings. The number of pyridine rings is 1. The van der Waals surface area contributed by atoms with Crippen molar-refractivity contribution in [1.29, 1.82) is 0 Å². The highest BCUT2D eigenvalue weighted by atomic mass is 32.2. The minimum Gasteiger partial charge on any atom is -0.445 e. The molecular weight excluding hydrogens is 524 g/mol. The van der Waals surface area contributed by atoms with E-state index in [-0.39, 0.29) is 42.6 Å². The van der Waals surface area contributed by atoms with Crippen LogP contribution in [0, 0.1) is 16.0 Å². The van der Waals surface area contributed by atoms with Crippen molar-refractivity contribution >= 4 is 21.8 Å². The van der Waals surface area contributed by atoms with E-state index in [9.17, 15) is 28.4 Å². The van der Waals surface area contributed by atoms with Gasteiger partial charge in [0.05, 0.1) is 22.0 Å². The van der Waals surface area contributed by atoms with Crippen LogP contribution in [0.1, 0.15) is 25.0 Å². The lowest BCUT2D eigenvalue weighted by atomic mass is 10.0. The molecule has 1 aromatic heterocycles. The number of nitrogens with zero attached hydrogens (tertiary/aromatic N) is 3. The Kier molecular flexibility index (Phi) is 10.5. The third-order valence-corrected chi connectivity index (χ3v) is 7.65. The predicted molar refractivity (Wildman–Crippen MR) is 144 cm³/mol. The van der Waals surface area contributed by atoms with Crippen LogP contribution in [0.4, 0.5) is 10.5 Å². The van der Waals surface area contributed by atoms with E-state index in [1.807, 2.05) is 44.2 Å². The van der Waals surface area contributed by atoms with Crippen LogP contribution in [0.3, 0.4) is 0 Å². The summed E-state index contributed by atoms with van der Waals surface area (Å²) in [6, 6.07) is 16.3. The molecule has 0 saturated carbocycles. The van der Waals surface area contributed by atoms with Gasteiger partial charge in [0, 0.05) is 43.2 Å². The number of aliphatic hydroxyl groups excluding tert-OH is 1. The van der Waals surface area contributed by atoms with Crippen LogP contribution < -0.4 is 5.32 Å². The molecule has 2 atom stereocenters. The van der Waals surface area contributed by atoms with Crippen LogP contribution in [0.2, 0.25) is 0 Å². The van der Waals surface area contributed by atoms with Crippen molar-refractivity contribution in [3.05, 3.63) is 100 Å². The molecule has 3 rings (SSSR count). The van der Waals surface area contributed by atoms with Gasteiger partial charge < -0.3 is 15.2 Å². The molecule has 0 fully saturated rings. The Bertz CT molecular complexity index is 1320. The third kappa shape index (κ3) is 8.84. The van der Waals surface area contributed by atoms with Crippen LogP contribution in [0.15, 0.2) is 84.0 Å². The Hall–Kier alpha value is -3.87. The van der Waals surface area contributed by atoms with E-state index < -0.39 is 33.2 Å². The highest BCUT2D eigenvalue weighted by Crippen LogP contribution is 2.22. The largest absolute Gasteiger partial charge is 0.445 e. The molecule has 2 N–H and O–H groups in total. The second kappa shape index (κ2) is 13.8. The van der Waals surface area contributed by atoms with Gasteiger partial charge in [-0.3, -0.25) is 15.1 Å². The summed E-state index contributed by atoms with van der Waals surface area (Å²) in [6.45, 7) is 3.40. The maximum absolute atomic E-state index is 13.5. The summed E-state index contributed by atoms with van der Waals surface area (Å²) in [7, 11) is -4.11. The van der Waals surface area contributed by atoms with Gasteiger partial charge in [0.15, 0.2) is 0 Å². The molecule has 0 spiro atoms. The molecule has 1 heterocycles. The van der Waals surface area contributed by atoms with E-state index >= 15 is 0 Å². The molecule has 0 aliphatic carbocycles. The number of nitro groups is 1. The fourth-order valence-corrected chi connectivity index (χ4v) is 5.50. The Morgan fingerprint density at radius 1 is 1.05 bits per heavy atom. The highest BCUT2D eigenvalue weighted by molar-refractivity contribution is 7.89. The first-order chi connectivity index (χ1) is 18.6. The molecule has 39 heavy (non-hydrogen) atoms. The normalized spacial score (nSPS) is 13.2. The second-order valence-electron chi connectivity index (χ2n) is 9.41. The number of rotatable bonds is 13. The fraction of sp³-hybridized carbons (Fsp3) is 0.333. The van der Waals surface area contributed by atoms with Gasteiger partial charge in [-0.15, -0.1) is 0 Å². The third-order valence-electron chi connectivity index (χ3n) is 5.80. The maximum atomic E-state index is 13.5. The molecular formula is C27H32N4O7S. The number of alkyl carbamates (subject to hydrolysis) is 1. The van der Waals surface area contributed by atoms with Crippen LogP contribution in [0.25, 0.3) is 0 Å². The number of amides is 1. The number of ether oxygens (including phenoxy) is 1. The smallest absolute Gasteiger partial charge is 0.407 e. The lowest BCUT2D eigenvalue weighted by Crippen LogP contribution is -2.51. The predicted octanol–water partition coefficient (Wildman–Crippen LogP) is 3.54. The number of aromatic nitrogens is 1. The minimum absolute atomic E-state index is 0.0260. The molecule has 0 aliphatic rings. The molecule has 0 radical (unpaired) electrons. The van der Waals surface area contributed by atoms with Crippen LogP contribution in [-0.4, -0.2) is 59.1 Å². The molecule has 1 unspecified atom stereocenters. The zero-order valence-corrected chi connectivity index (χ0v) is 22.5. The summed E-state index contributed by atoms with van der Waals surface area (Å²) < 4.78 is 33.4. The van der Waals surface area contributed by atoms with E-state index in [1.54, 1.807) is 24.5 Å². The number of benzene rings is 2. The topological polar surface area (TPSA) is 152 Å². The monoisotopic (exact) mass is 556 g/mol. The number of aliphatic hydroxyl groups is 1. The summed E-state index contributed by atoms with van der Waals surface area (Å²) in [5.41, 5.74) is 1.27. The summed E-state index contributed by atoms with van der Waals surface area (Å²) in [5, 5.41) is 24.9. The molecule has 2 aromatic carbocycles. The number of nitrogens with one attached hydrogen (secondary N) is 1. The quantitative estimate of drug-likeness (QED) is 0.240. The molecule has 11 nitrogen and oxygen atoms in total. The molecule has 0 saturated heterocycles. The van der Waals surface area contributed by atoms with Crippen LogP contribution >= 0.6 is 0 Å². The van der Waals surface area contributed by atoms with Crippen molar-refractivity contribution in [3.8, 4) is 0 Å². The summed E-state index contributed by atoms with van der Waals surface area (Å²) >= 11 is 0. The first-order valence-electron chi connectivity index (χ1n) is 12.3. The van der Waals surface area contributed by atoms with Crippen molar-refractivity contribution in [1.82, 2.24) is 14.6 Å². The van der Waals surface area contributed by atoms with Crippen LogP contribution in [-0.2, 0) is 27.8 Å². The summed E-state index contributed by atoms with van der Waals surface area (Å²) in [4.78, 5) is 26.9. The lowest BCUT2D eigenvalue weighted by molar-refractivity contribution is -0.384. The number of non-ortho nitro benzene ring substituents is 1.